The van der Waals surface area contributed by atoms with Crippen LogP contribution in [0.2, 0.25) is 0 Å². The van der Waals surface area contributed by atoms with Crippen LogP contribution in [0.3, 0.4) is 0 Å². The minimum Gasteiger partial charge on any atom is -0.478 e. The lowest BCUT2D eigenvalue weighted by atomic mass is 10.2. The SMILES string of the molecule is CC(=O)Nc1ccc(NC(=O)[C@@H](C)Sc2ccc(NC(=O)/C=C(\C)C(=O)O)cc2)cc1. The average molecular weight is 442 g/mol. The second-order valence-electron chi connectivity index (χ2n) is 6.65. The predicted octanol–water partition coefficient (Wildman–Crippen LogP) is 3.73. The van der Waals surface area contributed by atoms with Crippen molar-refractivity contribution in [2.45, 2.75) is 30.9 Å². The summed E-state index contributed by atoms with van der Waals surface area (Å²) in [6, 6.07) is 13.7. The normalized spacial score (nSPS) is 11.9. The van der Waals surface area contributed by atoms with Crippen molar-refractivity contribution in [1.29, 1.82) is 0 Å². The Morgan fingerprint density at radius 3 is 1.84 bits per heavy atom. The molecule has 0 bridgehead atoms. The summed E-state index contributed by atoms with van der Waals surface area (Å²) in [4.78, 5) is 46.9. The molecule has 8 nitrogen and oxygen atoms in total. The number of carboxylic acid groups (broad SMARTS) is 1. The van der Waals surface area contributed by atoms with Crippen molar-refractivity contribution in [2.75, 3.05) is 16.0 Å². The van der Waals surface area contributed by atoms with Crippen LogP contribution in [0.5, 0.6) is 0 Å². The number of rotatable bonds is 8. The van der Waals surface area contributed by atoms with Crippen LogP contribution in [0, 0.1) is 0 Å². The molecule has 1 atom stereocenters. The monoisotopic (exact) mass is 441 g/mol. The smallest absolute Gasteiger partial charge is 0.331 e. The van der Waals surface area contributed by atoms with Crippen LogP contribution in [0.4, 0.5) is 17.1 Å². The molecule has 2 rings (SSSR count). The van der Waals surface area contributed by atoms with Gasteiger partial charge in [0, 0.05) is 40.5 Å². The summed E-state index contributed by atoms with van der Waals surface area (Å²) in [6.45, 7) is 4.54. The molecule has 0 fully saturated rings. The van der Waals surface area contributed by atoms with Gasteiger partial charge in [0.2, 0.25) is 17.7 Å². The highest BCUT2D eigenvalue weighted by Gasteiger charge is 2.15. The topological polar surface area (TPSA) is 125 Å². The Morgan fingerprint density at radius 1 is 0.839 bits per heavy atom. The second kappa shape index (κ2) is 11.0. The van der Waals surface area contributed by atoms with Gasteiger partial charge in [-0.25, -0.2) is 4.79 Å². The zero-order valence-electron chi connectivity index (χ0n) is 17.3. The van der Waals surface area contributed by atoms with E-state index in [1.165, 1.54) is 25.6 Å². The minimum absolute atomic E-state index is 0.0609. The maximum absolute atomic E-state index is 12.4. The maximum atomic E-state index is 12.4. The van der Waals surface area contributed by atoms with Gasteiger partial charge in [-0.05, 0) is 62.4 Å². The molecule has 0 aliphatic heterocycles. The fraction of sp³-hybridized carbons (Fsp3) is 0.182. The molecular weight excluding hydrogens is 418 g/mol. The lowest BCUT2D eigenvalue weighted by Crippen LogP contribution is -2.22. The summed E-state index contributed by atoms with van der Waals surface area (Å²) in [5, 5.41) is 16.5. The van der Waals surface area contributed by atoms with Gasteiger partial charge in [-0.15, -0.1) is 11.8 Å². The Balaban J connectivity index is 1.90. The summed E-state index contributed by atoms with van der Waals surface area (Å²) in [7, 11) is 0. The van der Waals surface area contributed by atoms with E-state index in [9.17, 15) is 19.2 Å². The number of amides is 3. The molecule has 0 aliphatic carbocycles. The highest BCUT2D eigenvalue weighted by Crippen LogP contribution is 2.26. The molecule has 0 aromatic heterocycles. The summed E-state index contributed by atoms with van der Waals surface area (Å²) < 4.78 is 0. The molecule has 2 aromatic rings. The van der Waals surface area contributed by atoms with Crippen molar-refractivity contribution in [3.05, 3.63) is 60.2 Å². The molecule has 0 heterocycles. The minimum atomic E-state index is -1.15. The van der Waals surface area contributed by atoms with Crippen molar-refractivity contribution < 1.29 is 24.3 Å². The van der Waals surface area contributed by atoms with Gasteiger partial charge in [0.1, 0.15) is 0 Å². The van der Waals surface area contributed by atoms with Crippen molar-refractivity contribution >= 4 is 52.5 Å². The van der Waals surface area contributed by atoms with E-state index in [0.29, 0.717) is 17.1 Å². The van der Waals surface area contributed by atoms with Crippen molar-refractivity contribution in [1.82, 2.24) is 0 Å². The van der Waals surface area contributed by atoms with Gasteiger partial charge in [-0.2, -0.15) is 0 Å². The summed E-state index contributed by atoms with van der Waals surface area (Å²) in [5.41, 5.74) is 1.72. The molecule has 2 aromatic carbocycles. The van der Waals surface area contributed by atoms with Crippen LogP contribution >= 0.6 is 11.8 Å². The molecule has 0 saturated heterocycles. The molecule has 3 amide bonds. The molecule has 4 N–H and O–H groups in total. The lowest BCUT2D eigenvalue weighted by molar-refractivity contribution is -0.132. The number of carboxylic acids is 1. The van der Waals surface area contributed by atoms with Crippen LogP contribution in [0.25, 0.3) is 0 Å². The van der Waals surface area contributed by atoms with Crippen LogP contribution in [-0.2, 0) is 19.2 Å². The molecular formula is C22H23N3O5S. The third-order valence-corrected chi connectivity index (χ3v) is 5.07. The van der Waals surface area contributed by atoms with Crippen LogP contribution in [0.15, 0.2) is 65.1 Å². The Kier molecular flexibility index (Phi) is 8.39. The molecule has 0 aliphatic rings. The van der Waals surface area contributed by atoms with Gasteiger partial charge >= 0.3 is 5.97 Å². The first-order valence-corrected chi connectivity index (χ1v) is 10.2. The van der Waals surface area contributed by atoms with Crippen LogP contribution < -0.4 is 16.0 Å². The fourth-order valence-electron chi connectivity index (χ4n) is 2.40. The molecule has 162 valence electrons. The molecule has 0 saturated carbocycles. The predicted molar refractivity (Wildman–Crippen MR) is 121 cm³/mol. The number of nitrogens with one attached hydrogen (secondary N) is 3. The first-order chi connectivity index (χ1) is 14.6. The Labute approximate surface area is 184 Å². The highest BCUT2D eigenvalue weighted by atomic mass is 32.2. The third kappa shape index (κ3) is 7.98. The number of thioether (sulfide) groups is 1. The summed E-state index contributed by atoms with van der Waals surface area (Å²) >= 11 is 1.35. The van der Waals surface area contributed by atoms with E-state index < -0.39 is 11.9 Å². The van der Waals surface area contributed by atoms with Gasteiger partial charge < -0.3 is 21.1 Å². The summed E-state index contributed by atoms with van der Waals surface area (Å²) in [6.07, 6.45) is 1.01. The van der Waals surface area contributed by atoms with E-state index in [1.54, 1.807) is 55.5 Å². The van der Waals surface area contributed by atoms with Gasteiger partial charge in [-0.3, -0.25) is 14.4 Å². The zero-order chi connectivity index (χ0) is 23.0. The Hall–Kier alpha value is -3.59. The molecule has 9 heteroatoms. The number of anilines is 3. The molecule has 0 unspecified atom stereocenters. The largest absolute Gasteiger partial charge is 0.478 e. The lowest BCUT2D eigenvalue weighted by Gasteiger charge is -2.13. The van der Waals surface area contributed by atoms with E-state index >= 15 is 0 Å². The number of carbonyl (C=O) groups is 4. The quantitative estimate of drug-likeness (QED) is 0.365. The fourth-order valence-corrected chi connectivity index (χ4v) is 3.26. The number of hydrogen-bond acceptors (Lipinski definition) is 5. The second-order valence-corrected chi connectivity index (χ2v) is 8.07. The molecule has 0 radical (unpaired) electrons. The Bertz CT molecular complexity index is 1000. The molecule has 0 spiro atoms. The van der Waals surface area contributed by atoms with Crippen molar-refractivity contribution in [3.8, 4) is 0 Å². The number of aliphatic carboxylic acids is 1. The maximum Gasteiger partial charge on any atom is 0.331 e. The first-order valence-electron chi connectivity index (χ1n) is 9.32. The van der Waals surface area contributed by atoms with E-state index in [4.69, 9.17) is 5.11 Å². The van der Waals surface area contributed by atoms with Crippen molar-refractivity contribution in [2.24, 2.45) is 0 Å². The zero-order valence-corrected chi connectivity index (χ0v) is 18.1. The summed E-state index contributed by atoms with van der Waals surface area (Å²) in [5.74, 6) is -2.03. The van der Waals surface area contributed by atoms with Gasteiger partial charge in [0.25, 0.3) is 0 Å². The van der Waals surface area contributed by atoms with Gasteiger partial charge in [0.05, 0.1) is 5.25 Å². The average Bonchev–Trinajstić information content (AvgIpc) is 2.70. The number of benzene rings is 2. The van der Waals surface area contributed by atoms with E-state index in [-0.39, 0.29) is 22.6 Å². The van der Waals surface area contributed by atoms with Crippen LogP contribution in [0.1, 0.15) is 20.8 Å². The first kappa shape index (κ1) is 23.7. The van der Waals surface area contributed by atoms with Gasteiger partial charge in [-0.1, -0.05) is 0 Å². The Morgan fingerprint density at radius 2 is 1.32 bits per heavy atom. The van der Waals surface area contributed by atoms with E-state index in [0.717, 1.165) is 11.0 Å². The van der Waals surface area contributed by atoms with E-state index in [2.05, 4.69) is 16.0 Å². The van der Waals surface area contributed by atoms with E-state index in [1.807, 2.05) is 0 Å². The van der Waals surface area contributed by atoms with Gasteiger partial charge in [0.15, 0.2) is 0 Å². The van der Waals surface area contributed by atoms with Crippen molar-refractivity contribution in [3.63, 3.8) is 0 Å². The number of carbonyl (C=O) groups excluding carboxylic acids is 3. The highest BCUT2D eigenvalue weighted by molar-refractivity contribution is 8.00. The standard InChI is InChI=1S/C22H23N3O5S/c1-13(22(29)30)12-20(27)24-17-8-10-19(11-9-17)31-14(2)21(28)25-18-6-4-16(5-7-18)23-15(3)26/h4-12,14H,1-3H3,(H,23,26)(H,24,27)(H,25,28)(H,29,30)/b13-12+/t14-/m1/s1. The third-order valence-electron chi connectivity index (χ3n) is 3.96. The van der Waals surface area contributed by atoms with Crippen LogP contribution in [-0.4, -0.2) is 34.0 Å². The number of hydrogen-bond donors (Lipinski definition) is 4. The molecule has 31 heavy (non-hydrogen) atoms.